The number of rotatable bonds is 5. The van der Waals surface area contributed by atoms with Crippen LogP contribution in [0.4, 0.5) is 13.2 Å². The summed E-state index contributed by atoms with van der Waals surface area (Å²) in [5, 5.41) is 8.44. The zero-order chi connectivity index (χ0) is 28.2. The van der Waals surface area contributed by atoms with Gasteiger partial charge in [-0.25, -0.2) is 0 Å². The van der Waals surface area contributed by atoms with Gasteiger partial charge in [0.2, 0.25) is 5.43 Å². The molecule has 0 amide bonds. The molecule has 4 aromatic rings. The minimum atomic E-state index is -4.65. The minimum absolute atomic E-state index is 0.0435. The molecule has 3 heterocycles. The smallest absolute Gasteiger partial charge is 0.420 e. The van der Waals surface area contributed by atoms with E-state index >= 15 is 0 Å². The van der Waals surface area contributed by atoms with Gasteiger partial charge in [-0.3, -0.25) is 9.69 Å². The summed E-state index contributed by atoms with van der Waals surface area (Å²) in [6, 6.07) is 10.4. The van der Waals surface area contributed by atoms with Gasteiger partial charge in [0, 0.05) is 20.1 Å². The molecular weight excluding hydrogens is 517 g/mol. The van der Waals surface area contributed by atoms with Crippen LogP contribution in [0.2, 0.25) is 0 Å². The van der Waals surface area contributed by atoms with Gasteiger partial charge < -0.3 is 8.98 Å². The topological polar surface area (TPSA) is 64.2 Å². The summed E-state index contributed by atoms with van der Waals surface area (Å²) in [6.07, 6.45) is 2.12. The average molecular weight is 551 g/mol. The number of likely N-dealkylation sites (tertiary alicyclic amines) is 1. The summed E-state index contributed by atoms with van der Waals surface area (Å²) in [5.41, 5.74) is 0.195. The SMILES string of the molecule is CC1CC(c2cccc(-c3coc4c(C(F)(F)F)cc(CN5CCC[C@H](C)C5)cc4c3=O)c2)(c2nncn2C)C1. The van der Waals surface area contributed by atoms with Gasteiger partial charge in [-0.2, -0.15) is 13.2 Å². The fourth-order valence-corrected chi connectivity index (χ4v) is 6.87. The first-order valence-corrected chi connectivity index (χ1v) is 13.9. The number of hydrogen-bond acceptors (Lipinski definition) is 5. The number of halogens is 3. The fraction of sp³-hybridized carbons (Fsp3) is 0.452. The summed E-state index contributed by atoms with van der Waals surface area (Å²) in [5.74, 6) is 1.86. The van der Waals surface area contributed by atoms with E-state index in [9.17, 15) is 18.0 Å². The van der Waals surface area contributed by atoms with Gasteiger partial charge in [0.25, 0.3) is 0 Å². The quantitative estimate of drug-likeness (QED) is 0.282. The van der Waals surface area contributed by atoms with Crippen LogP contribution in [-0.4, -0.2) is 32.8 Å². The summed E-state index contributed by atoms with van der Waals surface area (Å²) in [7, 11) is 1.92. The van der Waals surface area contributed by atoms with Crippen molar-refractivity contribution in [1.82, 2.24) is 19.7 Å². The second kappa shape index (κ2) is 9.87. The molecule has 1 atom stereocenters. The van der Waals surface area contributed by atoms with Crippen molar-refractivity contribution in [2.75, 3.05) is 13.1 Å². The van der Waals surface area contributed by atoms with Crippen molar-refractivity contribution in [2.45, 2.75) is 57.7 Å². The Bertz CT molecular complexity index is 1620. The highest BCUT2D eigenvalue weighted by atomic mass is 19.4. The molecule has 1 saturated carbocycles. The first kappa shape index (κ1) is 26.7. The van der Waals surface area contributed by atoms with Gasteiger partial charge in [0.05, 0.1) is 21.9 Å². The normalized spacial score (nSPS) is 23.9. The number of benzene rings is 2. The summed E-state index contributed by atoms with van der Waals surface area (Å²) >= 11 is 0. The Balaban J connectivity index is 1.45. The van der Waals surface area contributed by atoms with Gasteiger partial charge in [-0.05, 0) is 79.0 Å². The maximum atomic E-state index is 14.1. The van der Waals surface area contributed by atoms with Gasteiger partial charge in [0.1, 0.15) is 24.0 Å². The van der Waals surface area contributed by atoms with Crippen LogP contribution in [0.3, 0.4) is 0 Å². The standard InChI is InChI=1S/C31H33F3N4O2/c1-19-6-5-9-38(15-19)16-21-10-24-27(39)25(17-40-28(24)26(11-21)31(32,33)34)22-7-4-8-23(12-22)30(13-20(2)14-30)29-36-35-18-37(29)3/h4,7-8,10-12,17-20H,5-6,9,13-16H2,1-3H3/t19-,20?,30?/m0/s1. The number of piperidine rings is 1. The first-order chi connectivity index (χ1) is 19.0. The van der Waals surface area contributed by atoms with Crippen LogP contribution in [0.1, 0.15) is 62.0 Å². The van der Waals surface area contributed by atoms with Gasteiger partial charge in [-0.15, -0.1) is 10.2 Å². The van der Waals surface area contributed by atoms with E-state index in [1.165, 1.54) is 6.26 Å². The molecule has 0 radical (unpaired) electrons. The molecular formula is C31H33F3N4O2. The van der Waals surface area contributed by atoms with E-state index in [1.807, 2.05) is 29.8 Å². The third-order valence-corrected chi connectivity index (χ3v) is 8.64. The molecule has 1 saturated heterocycles. The Morgan fingerprint density at radius 1 is 1.12 bits per heavy atom. The predicted octanol–water partition coefficient (Wildman–Crippen LogP) is 6.56. The summed E-state index contributed by atoms with van der Waals surface area (Å²) in [6.45, 7) is 6.36. The molecule has 0 bridgehead atoms. The highest BCUT2D eigenvalue weighted by molar-refractivity contribution is 5.85. The van der Waals surface area contributed by atoms with Gasteiger partial charge >= 0.3 is 6.18 Å². The van der Waals surface area contributed by atoms with Crippen molar-refractivity contribution in [3.63, 3.8) is 0 Å². The molecule has 0 N–H and O–H groups in total. The monoisotopic (exact) mass is 550 g/mol. The van der Waals surface area contributed by atoms with Gasteiger partial charge in [-0.1, -0.05) is 32.0 Å². The minimum Gasteiger partial charge on any atom is -0.463 e. The van der Waals surface area contributed by atoms with E-state index in [0.717, 1.165) is 56.2 Å². The highest BCUT2D eigenvalue weighted by Gasteiger charge is 2.48. The third-order valence-electron chi connectivity index (χ3n) is 8.64. The average Bonchev–Trinajstić information content (AvgIpc) is 3.32. The number of alkyl halides is 3. The zero-order valence-electron chi connectivity index (χ0n) is 23.0. The number of hydrogen-bond donors (Lipinski definition) is 0. The van der Waals surface area contributed by atoms with Crippen molar-refractivity contribution in [3.05, 3.63) is 81.7 Å². The van der Waals surface area contributed by atoms with E-state index in [2.05, 4.69) is 28.9 Å². The number of fused-ring (bicyclic) bond motifs is 1. The largest absolute Gasteiger partial charge is 0.463 e. The van der Waals surface area contributed by atoms with Crippen molar-refractivity contribution >= 4 is 11.0 Å². The van der Waals surface area contributed by atoms with Crippen LogP contribution in [0.25, 0.3) is 22.1 Å². The van der Waals surface area contributed by atoms with Crippen molar-refractivity contribution in [1.29, 1.82) is 0 Å². The number of aromatic nitrogens is 3. The van der Waals surface area contributed by atoms with Crippen LogP contribution < -0.4 is 5.43 Å². The third kappa shape index (κ3) is 4.64. The van der Waals surface area contributed by atoms with E-state index in [0.29, 0.717) is 29.5 Å². The number of nitrogens with zero attached hydrogens (tertiary/aromatic N) is 4. The molecule has 210 valence electrons. The van der Waals surface area contributed by atoms with Crippen LogP contribution in [0.5, 0.6) is 0 Å². The molecule has 9 heteroatoms. The lowest BCUT2D eigenvalue weighted by Gasteiger charge is -2.46. The van der Waals surface area contributed by atoms with Crippen LogP contribution in [-0.2, 0) is 25.2 Å². The Hall–Kier alpha value is -3.46. The van der Waals surface area contributed by atoms with Crippen molar-refractivity contribution in [3.8, 4) is 11.1 Å². The molecule has 1 aliphatic heterocycles. The lowest BCUT2D eigenvalue weighted by molar-refractivity contribution is -0.137. The lowest BCUT2D eigenvalue weighted by Crippen LogP contribution is -2.43. The van der Waals surface area contributed by atoms with Crippen molar-refractivity contribution in [2.24, 2.45) is 18.9 Å². The molecule has 1 aliphatic carbocycles. The second-order valence-electron chi connectivity index (χ2n) is 11.9. The first-order valence-electron chi connectivity index (χ1n) is 13.9. The van der Waals surface area contributed by atoms with E-state index < -0.39 is 22.8 Å². The Morgan fingerprint density at radius 2 is 1.93 bits per heavy atom. The predicted molar refractivity (Wildman–Crippen MR) is 147 cm³/mol. The van der Waals surface area contributed by atoms with E-state index in [4.69, 9.17) is 4.42 Å². The van der Waals surface area contributed by atoms with Crippen LogP contribution >= 0.6 is 0 Å². The van der Waals surface area contributed by atoms with Crippen LogP contribution in [0, 0.1) is 11.8 Å². The van der Waals surface area contributed by atoms with E-state index in [-0.39, 0.29) is 16.4 Å². The zero-order valence-corrected chi connectivity index (χ0v) is 23.0. The molecule has 6 nitrogen and oxygen atoms in total. The Labute approximate surface area is 230 Å². The molecule has 2 aromatic carbocycles. The molecule has 0 unspecified atom stereocenters. The van der Waals surface area contributed by atoms with E-state index in [1.54, 1.807) is 18.5 Å². The summed E-state index contributed by atoms with van der Waals surface area (Å²) in [4.78, 5) is 16.0. The molecule has 40 heavy (non-hydrogen) atoms. The molecule has 0 spiro atoms. The second-order valence-corrected chi connectivity index (χ2v) is 11.9. The Kier molecular flexibility index (Phi) is 6.60. The molecule has 2 aliphatic rings. The lowest BCUT2D eigenvalue weighted by atomic mass is 9.58. The summed E-state index contributed by atoms with van der Waals surface area (Å²) < 4.78 is 49.9. The highest BCUT2D eigenvalue weighted by Crippen LogP contribution is 2.51. The van der Waals surface area contributed by atoms with Crippen molar-refractivity contribution < 1.29 is 17.6 Å². The van der Waals surface area contributed by atoms with Crippen LogP contribution in [0.15, 0.2) is 58.2 Å². The maximum absolute atomic E-state index is 14.1. The maximum Gasteiger partial charge on any atom is 0.420 e. The van der Waals surface area contributed by atoms with Gasteiger partial charge in [0.15, 0.2) is 0 Å². The number of aryl methyl sites for hydroxylation is 1. The molecule has 6 rings (SSSR count). The molecule has 2 aromatic heterocycles. The fourth-order valence-electron chi connectivity index (χ4n) is 6.87. The molecule has 2 fully saturated rings. The Morgan fingerprint density at radius 3 is 2.60 bits per heavy atom.